The summed E-state index contributed by atoms with van der Waals surface area (Å²) in [6.45, 7) is 7.44. The zero-order valence-electron chi connectivity index (χ0n) is 11.0. The molecule has 100 valence electrons. The SMILES string of the molecule is CCOC(=O)C1=C(C)NC(C)=C(C(=O)OCC)N1. The van der Waals surface area contributed by atoms with Crippen molar-refractivity contribution in [2.45, 2.75) is 27.7 Å². The Balaban J connectivity index is 2.89. The van der Waals surface area contributed by atoms with Gasteiger partial charge in [0.2, 0.25) is 0 Å². The van der Waals surface area contributed by atoms with Gasteiger partial charge in [0.25, 0.3) is 0 Å². The topological polar surface area (TPSA) is 76.7 Å². The van der Waals surface area contributed by atoms with Crippen LogP contribution in [0.3, 0.4) is 0 Å². The highest BCUT2D eigenvalue weighted by molar-refractivity contribution is 5.95. The average Bonchev–Trinajstić information content (AvgIpc) is 2.29. The number of allylic oxidation sites excluding steroid dienone is 2. The molecule has 0 amide bonds. The molecule has 1 rings (SSSR count). The molecule has 0 spiro atoms. The first-order chi connectivity index (χ1) is 8.51. The lowest BCUT2D eigenvalue weighted by Gasteiger charge is -2.23. The summed E-state index contributed by atoms with van der Waals surface area (Å²) in [5.41, 5.74) is 1.68. The minimum Gasteiger partial charge on any atom is -0.461 e. The quantitative estimate of drug-likeness (QED) is 0.722. The Hall–Kier alpha value is -1.98. The molecule has 2 N–H and O–H groups in total. The second-order valence-corrected chi connectivity index (χ2v) is 3.69. The summed E-state index contributed by atoms with van der Waals surface area (Å²) in [4.78, 5) is 23.4. The number of rotatable bonds is 4. The van der Waals surface area contributed by atoms with Gasteiger partial charge in [-0.3, -0.25) is 0 Å². The standard InChI is InChI=1S/C12H18N2O4/c1-5-17-11(15)9-7(3)13-8(4)10(14-9)12(16)18-6-2/h13-14H,5-6H2,1-4H3. The fourth-order valence-electron chi connectivity index (χ4n) is 1.53. The van der Waals surface area contributed by atoms with Crippen molar-refractivity contribution < 1.29 is 19.1 Å². The fourth-order valence-corrected chi connectivity index (χ4v) is 1.53. The molecule has 6 heteroatoms. The number of carbonyl (C=O) groups excluding carboxylic acids is 2. The van der Waals surface area contributed by atoms with E-state index in [0.717, 1.165) is 0 Å². The summed E-state index contributed by atoms with van der Waals surface area (Å²) in [7, 11) is 0. The molecule has 0 atom stereocenters. The minimum absolute atomic E-state index is 0.227. The van der Waals surface area contributed by atoms with E-state index in [2.05, 4.69) is 10.6 Å². The monoisotopic (exact) mass is 254 g/mol. The van der Waals surface area contributed by atoms with Gasteiger partial charge >= 0.3 is 11.9 Å². The number of hydrogen-bond acceptors (Lipinski definition) is 6. The Morgan fingerprint density at radius 2 is 1.28 bits per heavy atom. The summed E-state index contributed by atoms with van der Waals surface area (Å²) in [5, 5.41) is 5.72. The van der Waals surface area contributed by atoms with Crippen LogP contribution in [0, 0.1) is 0 Å². The maximum Gasteiger partial charge on any atom is 0.356 e. The molecule has 0 unspecified atom stereocenters. The third-order valence-corrected chi connectivity index (χ3v) is 2.33. The number of hydrogen-bond donors (Lipinski definition) is 2. The van der Waals surface area contributed by atoms with Crippen LogP contribution in [0.5, 0.6) is 0 Å². The Morgan fingerprint density at radius 3 is 1.61 bits per heavy atom. The highest BCUT2D eigenvalue weighted by Gasteiger charge is 2.25. The molecular formula is C12H18N2O4. The third kappa shape index (κ3) is 3.03. The van der Waals surface area contributed by atoms with E-state index in [1.54, 1.807) is 27.7 Å². The minimum atomic E-state index is -0.503. The summed E-state index contributed by atoms with van der Waals surface area (Å²) >= 11 is 0. The number of carbonyl (C=O) groups is 2. The Labute approximate surface area is 106 Å². The van der Waals surface area contributed by atoms with Crippen LogP contribution in [0.1, 0.15) is 27.7 Å². The summed E-state index contributed by atoms with van der Waals surface area (Å²) in [6.07, 6.45) is 0. The normalized spacial score (nSPS) is 14.9. The smallest absolute Gasteiger partial charge is 0.356 e. The summed E-state index contributed by atoms with van der Waals surface area (Å²) in [6, 6.07) is 0. The van der Waals surface area contributed by atoms with Gasteiger partial charge in [0.05, 0.1) is 13.2 Å². The Bertz CT molecular complexity index is 386. The lowest BCUT2D eigenvalue weighted by atomic mass is 10.2. The van der Waals surface area contributed by atoms with Crippen molar-refractivity contribution in [3.63, 3.8) is 0 Å². The first-order valence-electron chi connectivity index (χ1n) is 5.81. The molecule has 1 aliphatic heterocycles. The lowest BCUT2D eigenvalue weighted by molar-refractivity contribution is -0.139. The van der Waals surface area contributed by atoms with Crippen molar-refractivity contribution in [3.05, 3.63) is 22.8 Å². The third-order valence-electron chi connectivity index (χ3n) is 2.33. The molecule has 0 saturated carbocycles. The molecule has 1 aliphatic rings. The van der Waals surface area contributed by atoms with Gasteiger partial charge in [-0.25, -0.2) is 9.59 Å². The number of ether oxygens (including phenoxy) is 2. The summed E-state index contributed by atoms with van der Waals surface area (Å²) < 4.78 is 9.80. The van der Waals surface area contributed by atoms with Gasteiger partial charge in [0, 0.05) is 11.4 Å². The second kappa shape index (κ2) is 6.09. The first kappa shape index (κ1) is 14.1. The predicted octanol–water partition coefficient (Wildman–Crippen LogP) is 0.768. The van der Waals surface area contributed by atoms with Crippen molar-refractivity contribution in [1.29, 1.82) is 0 Å². The molecule has 0 aliphatic carbocycles. The highest BCUT2D eigenvalue weighted by Crippen LogP contribution is 2.14. The maximum absolute atomic E-state index is 11.7. The predicted molar refractivity (Wildman–Crippen MR) is 64.9 cm³/mol. The van der Waals surface area contributed by atoms with Crippen molar-refractivity contribution in [2.24, 2.45) is 0 Å². The zero-order valence-corrected chi connectivity index (χ0v) is 11.0. The van der Waals surface area contributed by atoms with E-state index in [-0.39, 0.29) is 24.6 Å². The molecule has 1 heterocycles. The van der Waals surface area contributed by atoms with Crippen molar-refractivity contribution in [1.82, 2.24) is 10.6 Å². The van der Waals surface area contributed by atoms with Crippen molar-refractivity contribution in [2.75, 3.05) is 13.2 Å². The van der Waals surface area contributed by atoms with Crippen LogP contribution < -0.4 is 10.6 Å². The van der Waals surface area contributed by atoms with Gasteiger partial charge in [-0.15, -0.1) is 0 Å². The molecule has 0 aromatic carbocycles. The molecular weight excluding hydrogens is 236 g/mol. The van der Waals surface area contributed by atoms with E-state index in [9.17, 15) is 9.59 Å². The molecule has 0 saturated heterocycles. The van der Waals surface area contributed by atoms with E-state index in [0.29, 0.717) is 11.4 Å². The zero-order chi connectivity index (χ0) is 13.7. The Kier molecular flexibility index (Phi) is 4.76. The van der Waals surface area contributed by atoms with Crippen LogP contribution in [0.15, 0.2) is 22.8 Å². The van der Waals surface area contributed by atoms with Crippen LogP contribution in [0.25, 0.3) is 0 Å². The van der Waals surface area contributed by atoms with Crippen LogP contribution in [0.2, 0.25) is 0 Å². The number of esters is 2. The van der Waals surface area contributed by atoms with Gasteiger partial charge in [-0.2, -0.15) is 0 Å². The molecule has 0 bridgehead atoms. The van der Waals surface area contributed by atoms with E-state index >= 15 is 0 Å². The Morgan fingerprint density at radius 1 is 0.889 bits per heavy atom. The largest absolute Gasteiger partial charge is 0.461 e. The molecule has 6 nitrogen and oxygen atoms in total. The van der Waals surface area contributed by atoms with Gasteiger partial charge in [0.1, 0.15) is 11.4 Å². The summed E-state index contributed by atoms with van der Waals surface area (Å²) in [5.74, 6) is -1.01. The maximum atomic E-state index is 11.7. The molecule has 0 aromatic rings. The average molecular weight is 254 g/mol. The van der Waals surface area contributed by atoms with E-state index < -0.39 is 11.9 Å². The molecule has 0 fully saturated rings. The van der Waals surface area contributed by atoms with E-state index in [1.807, 2.05) is 0 Å². The van der Waals surface area contributed by atoms with Crippen molar-refractivity contribution >= 4 is 11.9 Å². The first-order valence-corrected chi connectivity index (χ1v) is 5.81. The molecule has 0 aromatic heterocycles. The second-order valence-electron chi connectivity index (χ2n) is 3.69. The number of nitrogens with one attached hydrogen (secondary N) is 2. The van der Waals surface area contributed by atoms with Crippen LogP contribution in [-0.2, 0) is 19.1 Å². The van der Waals surface area contributed by atoms with E-state index in [1.165, 1.54) is 0 Å². The van der Waals surface area contributed by atoms with Crippen molar-refractivity contribution in [3.8, 4) is 0 Å². The van der Waals surface area contributed by atoms with E-state index in [4.69, 9.17) is 9.47 Å². The van der Waals surface area contributed by atoms with Crippen LogP contribution in [0.4, 0.5) is 0 Å². The van der Waals surface area contributed by atoms with Gasteiger partial charge in [-0.1, -0.05) is 0 Å². The van der Waals surface area contributed by atoms with Crippen LogP contribution >= 0.6 is 0 Å². The fraction of sp³-hybridized carbons (Fsp3) is 0.500. The van der Waals surface area contributed by atoms with Crippen LogP contribution in [-0.4, -0.2) is 25.2 Å². The highest BCUT2D eigenvalue weighted by atomic mass is 16.5. The lowest BCUT2D eigenvalue weighted by Crippen LogP contribution is -2.37. The molecule has 18 heavy (non-hydrogen) atoms. The van der Waals surface area contributed by atoms with Gasteiger partial charge in [-0.05, 0) is 27.7 Å². The van der Waals surface area contributed by atoms with Gasteiger partial charge < -0.3 is 20.1 Å². The van der Waals surface area contributed by atoms with Gasteiger partial charge in [0.15, 0.2) is 0 Å². The molecule has 0 radical (unpaired) electrons.